The van der Waals surface area contributed by atoms with E-state index in [0.717, 1.165) is 0 Å². The fraction of sp³-hybridized carbons (Fsp3) is 0.400. The standard InChI is InChI=1S/C30H36S/c1-3-4-5-6-7-14-19-26-27-22-23(2)20-21-28(27)31-30(25-17-12-9-13-18-25)29(26)24-15-10-8-11-16-24/h8-13,15-18,20-22,26,29-30H,3-7,14,19H2,1-2H3. The Bertz CT molecular complexity index is 931. The molecule has 162 valence electrons. The third-order valence-corrected chi connectivity index (χ3v) is 8.20. The van der Waals surface area contributed by atoms with Crippen LogP contribution in [-0.2, 0) is 0 Å². The van der Waals surface area contributed by atoms with E-state index < -0.39 is 0 Å². The van der Waals surface area contributed by atoms with E-state index in [1.54, 1.807) is 5.56 Å². The number of thioether (sulfide) groups is 1. The first-order valence-corrected chi connectivity index (χ1v) is 13.0. The summed E-state index contributed by atoms with van der Waals surface area (Å²) in [4.78, 5) is 1.49. The highest BCUT2D eigenvalue weighted by atomic mass is 32.2. The number of rotatable bonds is 9. The number of unbranched alkanes of at least 4 members (excludes halogenated alkanes) is 5. The summed E-state index contributed by atoms with van der Waals surface area (Å²) in [6, 6.07) is 29.6. The monoisotopic (exact) mass is 428 g/mol. The lowest BCUT2D eigenvalue weighted by Gasteiger charge is -2.40. The topological polar surface area (TPSA) is 0 Å². The van der Waals surface area contributed by atoms with E-state index in [1.165, 1.54) is 66.5 Å². The van der Waals surface area contributed by atoms with Crippen LogP contribution in [0.1, 0.15) is 91.2 Å². The molecule has 3 aromatic rings. The van der Waals surface area contributed by atoms with Gasteiger partial charge in [0.1, 0.15) is 0 Å². The molecule has 0 radical (unpaired) electrons. The Labute approximate surface area is 193 Å². The number of hydrogen-bond acceptors (Lipinski definition) is 1. The zero-order chi connectivity index (χ0) is 21.5. The predicted molar refractivity (Wildman–Crippen MR) is 136 cm³/mol. The Kier molecular flexibility index (Phi) is 7.92. The number of hydrogen-bond donors (Lipinski definition) is 0. The van der Waals surface area contributed by atoms with E-state index in [2.05, 4.69) is 104 Å². The van der Waals surface area contributed by atoms with Crippen molar-refractivity contribution >= 4 is 11.8 Å². The lowest BCUT2D eigenvalue weighted by Crippen LogP contribution is -2.22. The molecule has 31 heavy (non-hydrogen) atoms. The molecule has 0 fully saturated rings. The van der Waals surface area contributed by atoms with Crippen molar-refractivity contribution < 1.29 is 0 Å². The Morgan fingerprint density at radius 2 is 1.35 bits per heavy atom. The third kappa shape index (κ3) is 5.44. The molecule has 3 unspecified atom stereocenters. The highest BCUT2D eigenvalue weighted by molar-refractivity contribution is 7.99. The van der Waals surface area contributed by atoms with Crippen LogP contribution in [-0.4, -0.2) is 0 Å². The zero-order valence-corrected chi connectivity index (χ0v) is 19.9. The molecule has 4 rings (SSSR count). The zero-order valence-electron chi connectivity index (χ0n) is 19.1. The van der Waals surface area contributed by atoms with Gasteiger partial charge in [-0.05, 0) is 42.0 Å². The van der Waals surface area contributed by atoms with E-state index in [9.17, 15) is 0 Å². The van der Waals surface area contributed by atoms with Gasteiger partial charge in [-0.2, -0.15) is 0 Å². The van der Waals surface area contributed by atoms with Crippen molar-refractivity contribution in [3.05, 3.63) is 101 Å². The van der Waals surface area contributed by atoms with Gasteiger partial charge in [0.15, 0.2) is 0 Å². The van der Waals surface area contributed by atoms with E-state index >= 15 is 0 Å². The number of fused-ring (bicyclic) bond motifs is 1. The van der Waals surface area contributed by atoms with Gasteiger partial charge in [0.05, 0.1) is 0 Å². The SMILES string of the molecule is CCCCCCCCC1c2cc(C)ccc2SC(c2ccccc2)C1c1ccccc1. The van der Waals surface area contributed by atoms with Gasteiger partial charge in [0.25, 0.3) is 0 Å². The van der Waals surface area contributed by atoms with Crippen LogP contribution in [0.25, 0.3) is 0 Å². The molecule has 0 spiro atoms. The molecule has 0 N–H and O–H groups in total. The van der Waals surface area contributed by atoms with Crippen molar-refractivity contribution in [3.63, 3.8) is 0 Å². The summed E-state index contributed by atoms with van der Waals surface area (Å²) in [5.74, 6) is 1.09. The maximum atomic E-state index is 2.47. The van der Waals surface area contributed by atoms with Crippen molar-refractivity contribution in [2.75, 3.05) is 0 Å². The van der Waals surface area contributed by atoms with Gasteiger partial charge in [-0.3, -0.25) is 0 Å². The molecule has 0 nitrogen and oxygen atoms in total. The fourth-order valence-electron chi connectivity index (χ4n) is 5.16. The second-order valence-electron chi connectivity index (χ2n) is 9.09. The van der Waals surface area contributed by atoms with Gasteiger partial charge < -0.3 is 0 Å². The van der Waals surface area contributed by atoms with Crippen LogP contribution in [0.15, 0.2) is 83.8 Å². The Balaban J connectivity index is 1.69. The van der Waals surface area contributed by atoms with Crippen LogP contribution in [0.5, 0.6) is 0 Å². The molecule has 3 aromatic carbocycles. The smallest absolute Gasteiger partial charge is 0.0419 e. The first-order chi connectivity index (χ1) is 15.3. The van der Waals surface area contributed by atoms with Crippen LogP contribution >= 0.6 is 11.8 Å². The molecule has 0 amide bonds. The average Bonchev–Trinajstić information content (AvgIpc) is 2.82. The van der Waals surface area contributed by atoms with Crippen molar-refractivity contribution in [3.8, 4) is 0 Å². The van der Waals surface area contributed by atoms with Crippen molar-refractivity contribution in [2.45, 2.75) is 80.8 Å². The summed E-state index contributed by atoms with van der Waals surface area (Å²) >= 11 is 2.08. The molecule has 0 bridgehead atoms. The molecule has 1 heteroatoms. The normalized spacial score (nSPS) is 20.4. The summed E-state index contributed by atoms with van der Waals surface area (Å²) in [5.41, 5.74) is 5.92. The minimum Gasteiger partial charge on any atom is -0.117 e. The summed E-state index contributed by atoms with van der Waals surface area (Å²) < 4.78 is 0. The fourth-order valence-corrected chi connectivity index (χ4v) is 6.71. The average molecular weight is 429 g/mol. The molecular formula is C30H36S. The molecular weight excluding hydrogens is 392 g/mol. The van der Waals surface area contributed by atoms with Gasteiger partial charge in [-0.25, -0.2) is 0 Å². The van der Waals surface area contributed by atoms with E-state index in [-0.39, 0.29) is 0 Å². The highest BCUT2D eigenvalue weighted by Gasteiger charge is 2.38. The summed E-state index contributed by atoms with van der Waals surface area (Å²) in [7, 11) is 0. The van der Waals surface area contributed by atoms with Gasteiger partial charge in [0.2, 0.25) is 0 Å². The Morgan fingerprint density at radius 1 is 0.710 bits per heavy atom. The van der Waals surface area contributed by atoms with Crippen LogP contribution < -0.4 is 0 Å². The molecule has 1 aliphatic rings. The predicted octanol–water partition coefficient (Wildman–Crippen LogP) is 9.46. The first-order valence-electron chi connectivity index (χ1n) is 12.1. The van der Waals surface area contributed by atoms with E-state index in [1.807, 2.05) is 0 Å². The summed E-state index contributed by atoms with van der Waals surface area (Å²) in [6.07, 6.45) is 9.45. The molecule has 0 saturated carbocycles. The molecule has 0 aromatic heterocycles. The highest BCUT2D eigenvalue weighted by Crippen LogP contribution is 2.58. The lowest BCUT2D eigenvalue weighted by atomic mass is 9.74. The minimum atomic E-state index is 0.462. The molecule has 0 aliphatic carbocycles. The quantitative estimate of drug-likeness (QED) is 0.306. The number of aryl methyl sites for hydroxylation is 1. The second-order valence-corrected chi connectivity index (χ2v) is 10.3. The molecule has 3 atom stereocenters. The lowest BCUT2D eigenvalue weighted by molar-refractivity contribution is 0.452. The largest absolute Gasteiger partial charge is 0.117 e. The minimum absolute atomic E-state index is 0.462. The maximum Gasteiger partial charge on any atom is 0.0419 e. The van der Waals surface area contributed by atoms with Crippen LogP contribution in [0.2, 0.25) is 0 Å². The second kappa shape index (κ2) is 11.0. The van der Waals surface area contributed by atoms with Crippen LogP contribution in [0.3, 0.4) is 0 Å². The van der Waals surface area contributed by atoms with Crippen molar-refractivity contribution in [2.24, 2.45) is 0 Å². The van der Waals surface area contributed by atoms with Crippen molar-refractivity contribution in [1.82, 2.24) is 0 Å². The van der Waals surface area contributed by atoms with E-state index in [0.29, 0.717) is 17.1 Å². The van der Waals surface area contributed by atoms with Crippen LogP contribution in [0, 0.1) is 6.92 Å². The van der Waals surface area contributed by atoms with Crippen molar-refractivity contribution in [1.29, 1.82) is 0 Å². The van der Waals surface area contributed by atoms with Gasteiger partial charge in [-0.15, -0.1) is 11.8 Å². The van der Waals surface area contributed by atoms with Crippen LogP contribution in [0.4, 0.5) is 0 Å². The molecule has 1 aliphatic heterocycles. The third-order valence-electron chi connectivity index (χ3n) is 6.76. The summed E-state index contributed by atoms with van der Waals surface area (Å²) in [5, 5.41) is 0.462. The molecule has 0 saturated heterocycles. The number of benzene rings is 3. The van der Waals surface area contributed by atoms with Gasteiger partial charge >= 0.3 is 0 Å². The van der Waals surface area contributed by atoms with Gasteiger partial charge in [0, 0.05) is 16.1 Å². The summed E-state index contributed by atoms with van der Waals surface area (Å²) in [6.45, 7) is 4.54. The first kappa shape index (κ1) is 22.2. The van der Waals surface area contributed by atoms with Gasteiger partial charge in [-0.1, -0.05) is 124 Å². The Morgan fingerprint density at radius 3 is 2.06 bits per heavy atom. The Hall–Kier alpha value is -1.99. The maximum absolute atomic E-state index is 2.47. The molecule has 1 heterocycles. The van der Waals surface area contributed by atoms with E-state index in [4.69, 9.17) is 0 Å².